The van der Waals surface area contributed by atoms with Gasteiger partial charge >= 0.3 is 0 Å². The topological polar surface area (TPSA) is 76.3 Å². The van der Waals surface area contributed by atoms with Crippen LogP contribution in [0.4, 0.5) is 22.0 Å². The Morgan fingerprint density at radius 1 is 1.17 bits per heavy atom. The van der Waals surface area contributed by atoms with E-state index in [-0.39, 0.29) is 0 Å². The summed E-state index contributed by atoms with van der Waals surface area (Å²) in [5.74, 6) is 2.54. The first-order valence-electron chi connectivity index (χ1n) is 10.3. The van der Waals surface area contributed by atoms with Gasteiger partial charge in [-0.3, -0.25) is 0 Å². The lowest BCUT2D eigenvalue weighted by atomic mass is 9.93. The molecule has 2 aromatic heterocycles. The number of aromatic nitrogens is 3. The third-order valence-corrected chi connectivity index (χ3v) is 6.06. The summed E-state index contributed by atoms with van der Waals surface area (Å²) in [6.45, 7) is 2.33. The predicted octanol–water partition coefficient (Wildman–Crippen LogP) is 4.79. The summed E-state index contributed by atoms with van der Waals surface area (Å²) >= 11 is 0. The molecule has 2 bridgehead atoms. The lowest BCUT2D eigenvalue weighted by Gasteiger charge is -2.37. The number of nitrogens with zero attached hydrogens (tertiary/aromatic N) is 4. The van der Waals surface area contributed by atoms with Gasteiger partial charge in [0, 0.05) is 36.0 Å². The molecule has 1 N–H and O–H groups in total. The average molecular weight is 409 g/mol. The van der Waals surface area contributed by atoms with Gasteiger partial charge in [-0.15, -0.1) is 0 Å². The zero-order chi connectivity index (χ0) is 20.7. The highest BCUT2D eigenvalue weighted by Crippen LogP contribution is 2.40. The fourth-order valence-corrected chi connectivity index (χ4v) is 4.74. The maximum absolute atomic E-state index is 14.3. The average Bonchev–Trinajstić information content (AvgIpc) is 3.30. The van der Waals surface area contributed by atoms with E-state index in [1.165, 1.54) is 38.9 Å². The van der Waals surface area contributed by atoms with Gasteiger partial charge in [0.2, 0.25) is 11.8 Å². The first-order valence-corrected chi connectivity index (χ1v) is 10.3. The van der Waals surface area contributed by atoms with Crippen LogP contribution in [0.5, 0.6) is 5.75 Å². The van der Waals surface area contributed by atoms with E-state index < -0.39 is 5.82 Å². The van der Waals surface area contributed by atoms with Gasteiger partial charge in [0.15, 0.2) is 0 Å². The molecule has 1 aromatic carbocycles. The minimum Gasteiger partial charge on any atom is -0.497 e. The van der Waals surface area contributed by atoms with Crippen molar-refractivity contribution in [2.75, 3.05) is 17.3 Å². The van der Waals surface area contributed by atoms with Gasteiger partial charge in [-0.1, -0.05) is 12.1 Å². The summed E-state index contributed by atoms with van der Waals surface area (Å²) in [5.41, 5.74) is 0.741. The molecule has 0 radical (unpaired) electrons. The van der Waals surface area contributed by atoms with Gasteiger partial charge in [0.1, 0.15) is 23.1 Å². The minimum atomic E-state index is -0.423. The van der Waals surface area contributed by atoms with Gasteiger partial charge in [-0.25, -0.2) is 9.37 Å². The molecule has 2 atom stereocenters. The second kappa shape index (κ2) is 7.59. The van der Waals surface area contributed by atoms with E-state index in [4.69, 9.17) is 14.2 Å². The van der Waals surface area contributed by atoms with Crippen LogP contribution in [0, 0.1) is 11.7 Å². The molecule has 0 saturated carbocycles. The second-order valence-electron chi connectivity index (χ2n) is 8.16. The first-order chi connectivity index (χ1) is 14.6. The number of anilines is 3. The summed E-state index contributed by atoms with van der Waals surface area (Å²) in [6, 6.07) is 9.10. The number of hydrogen-bond donors (Lipinski definition) is 1. The van der Waals surface area contributed by atoms with Crippen LogP contribution in [0.1, 0.15) is 32.6 Å². The molecule has 7 nitrogen and oxygen atoms in total. The SMILES string of the molecule is COc1ccc(-c2cc(Nc3ccnc(N4C5CCC4CC(C)C5)n3)on2)c(F)c1. The Kier molecular flexibility index (Phi) is 4.77. The van der Waals surface area contributed by atoms with Gasteiger partial charge in [0.05, 0.1) is 7.11 Å². The molecule has 2 aliphatic heterocycles. The lowest BCUT2D eigenvalue weighted by molar-refractivity contribution is 0.359. The Bertz CT molecular complexity index is 1040. The van der Waals surface area contributed by atoms with Crippen molar-refractivity contribution in [3.05, 3.63) is 42.3 Å². The quantitative estimate of drug-likeness (QED) is 0.649. The van der Waals surface area contributed by atoms with E-state index in [0.29, 0.717) is 40.8 Å². The number of benzene rings is 1. The van der Waals surface area contributed by atoms with Crippen molar-refractivity contribution in [3.63, 3.8) is 0 Å². The highest BCUT2D eigenvalue weighted by molar-refractivity contribution is 5.65. The number of piperidine rings is 1. The van der Waals surface area contributed by atoms with Crippen molar-refractivity contribution < 1.29 is 13.7 Å². The van der Waals surface area contributed by atoms with Crippen molar-refractivity contribution >= 4 is 17.7 Å². The minimum absolute atomic E-state index is 0.343. The zero-order valence-electron chi connectivity index (χ0n) is 17.0. The van der Waals surface area contributed by atoms with Crippen LogP contribution < -0.4 is 15.0 Å². The van der Waals surface area contributed by atoms with Crippen molar-refractivity contribution in [2.24, 2.45) is 5.92 Å². The summed E-state index contributed by atoms with van der Waals surface area (Å²) < 4.78 is 24.7. The van der Waals surface area contributed by atoms with Crippen LogP contribution in [-0.2, 0) is 0 Å². The Hall–Kier alpha value is -3.16. The molecule has 30 heavy (non-hydrogen) atoms. The number of ether oxygens (including phenoxy) is 1. The molecule has 4 heterocycles. The molecule has 0 spiro atoms. The fraction of sp³-hybridized carbons (Fsp3) is 0.409. The Labute approximate surface area is 174 Å². The molecule has 2 unspecified atom stereocenters. The van der Waals surface area contributed by atoms with Gasteiger partial charge in [-0.2, -0.15) is 4.98 Å². The standard InChI is InChI=1S/C22H24FN5O2/c1-13-9-14-3-4-15(10-13)28(14)22-24-8-7-20(26-22)25-21-12-19(27-30-21)17-6-5-16(29-2)11-18(17)23/h5-8,11-15H,3-4,9-10H2,1-2H3,(H,24,25,26). The normalized spacial score (nSPS) is 22.9. The van der Waals surface area contributed by atoms with Crippen LogP contribution in [-0.4, -0.2) is 34.3 Å². The molecular weight excluding hydrogens is 385 g/mol. The number of rotatable bonds is 5. The summed E-state index contributed by atoms with van der Waals surface area (Å²) in [4.78, 5) is 11.6. The number of nitrogens with one attached hydrogen (secondary N) is 1. The van der Waals surface area contributed by atoms with Crippen molar-refractivity contribution in [3.8, 4) is 17.0 Å². The largest absolute Gasteiger partial charge is 0.497 e. The molecule has 8 heteroatoms. The molecule has 2 aliphatic rings. The van der Waals surface area contributed by atoms with E-state index in [9.17, 15) is 4.39 Å². The summed E-state index contributed by atoms with van der Waals surface area (Å²) in [7, 11) is 1.50. The van der Waals surface area contributed by atoms with Gasteiger partial charge in [-0.05, 0) is 49.8 Å². The number of methoxy groups -OCH3 is 1. The van der Waals surface area contributed by atoms with E-state index in [0.717, 1.165) is 11.9 Å². The van der Waals surface area contributed by atoms with Crippen LogP contribution in [0.3, 0.4) is 0 Å². The molecule has 5 rings (SSSR count). The van der Waals surface area contributed by atoms with E-state index in [2.05, 4.69) is 27.3 Å². The Balaban J connectivity index is 1.35. The van der Waals surface area contributed by atoms with E-state index in [1.807, 2.05) is 0 Å². The van der Waals surface area contributed by atoms with Crippen LogP contribution in [0.15, 0.2) is 41.1 Å². The summed E-state index contributed by atoms with van der Waals surface area (Å²) in [6.07, 6.45) is 6.54. The lowest BCUT2D eigenvalue weighted by Crippen LogP contribution is -2.43. The smallest absolute Gasteiger partial charge is 0.230 e. The predicted molar refractivity (Wildman–Crippen MR) is 111 cm³/mol. The number of hydrogen-bond acceptors (Lipinski definition) is 7. The number of fused-ring (bicyclic) bond motifs is 2. The Morgan fingerprint density at radius 3 is 2.70 bits per heavy atom. The van der Waals surface area contributed by atoms with Crippen LogP contribution in [0.25, 0.3) is 11.3 Å². The zero-order valence-corrected chi connectivity index (χ0v) is 17.0. The molecule has 2 saturated heterocycles. The van der Waals surface area contributed by atoms with Crippen molar-refractivity contribution in [1.29, 1.82) is 0 Å². The van der Waals surface area contributed by atoms with Crippen molar-refractivity contribution in [1.82, 2.24) is 15.1 Å². The second-order valence-corrected chi connectivity index (χ2v) is 8.16. The van der Waals surface area contributed by atoms with Gasteiger partial charge in [0.25, 0.3) is 0 Å². The summed E-state index contributed by atoms with van der Waals surface area (Å²) in [5, 5.41) is 7.10. The maximum Gasteiger partial charge on any atom is 0.230 e. The maximum atomic E-state index is 14.3. The van der Waals surface area contributed by atoms with Crippen LogP contribution >= 0.6 is 0 Å². The molecule has 0 aliphatic carbocycles. The molecule has 156 valence electrons. The fourth-order valence-electron chi connectivity index (χ4n) is 4.74. The highest BCUT2D eigenvalue weighted by atomic mass is 19.1. The number of halogens is 1. The molecule has 3 aromatic rings. The van der Waals surface area contributed by atoms with Crippen molar-refractivity contribution in [2.45, 2.75) is 44.7 Å². The third kappa shape index (κ3) is 3.46. The molecule has 0 amide bonds. The first kappa shape index (κ1) is 18.8. The van der Waals surface area contributed by atoms with E-state index >= 15 is 0 Å². The third-order valence-electron chi connectivity index (χ3n) is 6.06. The molecule has 2 fully saturated rings. The highest BCUT2D eigenvalue weighted by Gasteiger charge is 2.40. The molecular formula is C22H24FN5O2. The monoisotopic (exact) mass is 409 g/mol. The Morgan fingerprint density at radius 2 is 1.97 bits per heavy atom. The van der Waals surface area contributed by atoms with Gasteiger partial charge < -0.3 is 19.5 Å². The van der Waals surface area contributed by atoms with E-state index in [1.54, 1.807) is 30.5 Å². The van der Waals surface area contributed by atoms with Crippen LogP contribution in [0.2, 0.25) is 0 Å².